The van der Waals surface area contributed by atoms with Gasteiger partial charge in [0.15, 0.2) is 5.78 Å². The molecule has 3 heterocycles. The Balaban J connectivity index is 1.86. The highest BCUT2D eigenvalue weighted by Crippen LogP contribution is 2.34. The molecule has 0 aromatic carbocycles. The zero-order chi connectivity index (χ0) is 38.0. The standard InChI is InChI=1S/C41H60O10/c1-9-10-12-23(2)39(46)24(3)13-11-14-34-35-16-15-31(49-35)20-30(42)18-26(5)32(43)21-33(44)29(8)25(4)17-28(7)40(47)41(48)37-19-27(6)36(50-37)22-38(45)51-34/h11,13-14,17,26-27,29,31,33-37,40-41,44,47-48H,2,7,9-10,12,15-16,18-22H2,1,3-6,8H3/b14-11+,24-13+,25-17+/t26-,27+,29+,31+,33-,34?,35+,36-,37+,40+,41-/m0/s1. The van der Waals surface area contributed by atoms with Gasteiger partial charge < -0.3 is 29.5 Å². The maximum atomic E-state index is 13.4. The second-order valence-electron chi connectivity index (χ2n) is 15.0. The first-order valence-electron chi connectivity index (χ1n) is 18.6. The van der Waals surface area contributed by atoms with Crippen molar-refractivity contribution in [3.05, 3.63) is 59.8 Å². The summed E-state index contributed by atoms with van der Waals surface area (Å²) in [7, 11) is 0. The summed E-state index contributed by atoms with van der Waals surface area (Å²) < 4.78 is 18.3. The molecule has 0 saturated carbocycles. The van der Waals surface area contributed by atoms with Gasteiger partial charge in [0.2, 0.25) is 0 Å². The van der Waals surface area contributed by atoms with Gasteiger partial charge in [-0.25, -0.2) is 0 Å². The number of hydrogen-bond acceptors (Lipinski definition) is 10. The largest absolute Gasteiger partial charge is 0.455 e. The smallest absolute Gasteiger partial charge is 0.309 e. The average molecular weight is 713 g/mol. The molecule has 2 saturated heterocycles. The second-order valence-corrected chi connectivity index (χ2v) is 15.0. The van der Waals surface area contributed by atoms with E-state index >= 15 is 0 Å². The van der Waals surface area contributed by atoms with Crippen LogP contribution < -0.4 is 0 Å². The molecule has 10 heteroatoms. The molecule has 0 radical (unpaired) electrons. The number of aliphatic hydroxyl groups is 3. The lowest BCUT2D eigenvalue weighted by Gasteiger charge is -2.26. The van der Waals surface area contributed by atoms with Gasteiger partial charge in [0.05, 0.1) is 36.9 Å². The highest BCUT2D eigenvalue weighted by molar-refractivity contribution is 6.07. The van der Waals surface area contributed by atoms with Gasteiger partial charge in [-0.3, -0.25) is 19.2 Å². The monoisotopic (exact) mass is 712 g/mol. The van der Waals surface area contributed by atoms with E-state index in [1.807, 2.05) is 6.92 Å². The first-order valence-corrected chi connectivity index (χ1v) is 18.6. The Bertz CT molecular complexity index is 1370. The molecule has 0 aliphatic carbocycles. The number of aliphatic hydroxyl groups excluding tert-OH is 3. The maximum Gasteiger partial charge on any atom is 0.309 e. The fourth-order valence-electron chi connectivity index (χ4n) is 6.91. The minimum Gasteiger partial charge on any atom is -0.455 e. The molecule has 10 nitrogen and oxygen atoms in total. The number of fused-ring (bicyclic) bond motifs is 4. The minimum absolute atomic E-state index is 0.0148. The second kappa shape index (κ2) is 19.7. The molecule has 1 unspecified atom stereocenters. The van der Waals surface area contributed by atoms with E-state index in [2.05, 4.69) is 20.1 Å². The number of Topliss-reactive ketones (excluding diaryl/α,β-unsaturated/α-hetero) is 3. The SMILES string of the molecule is C=C(CCCC)C(=O)/C(C)=C/C=C/C1OC(=O)C[C@@H]2O[C@H](C[C@H]2C)[C@H](O)[C@H](O)C(=C)/C=C(\C)[C@@H](C)[C@@H](O)CC(=O)[C@@H](C)CC(=O)C[C@H]2CC[C@H]1O2. The number of unbranched alkanes of at least 4 members (excludes halogenated alkanes) is 1. The minimum atomic E-state index is -1.37. The van der Waals surface area contributed by atoms with Crippen molar-refractivity contribution in [3.8, 4) is 0 Å². The van der Waals surface area contributed by atoms with Crippen LogP contribution in [0.3, 0.4) is 0 Å². The number of carbonyl (C=O) groups is 4. The van der Waals surface area contributed by atoms with Gasteiger partial charge >= 0.3 is 5.97 Å². The molecule has 2 fully saturated rings. The van der Waals surface area contributed by atoms with E-state index in [4.69, 9.17) is 14.2 Å². The number of hydrogen-bond donors (Lipinski definition) is 3. The molecule has 0 aromatic rings. The summed E-state index contributed by atoms with van der Waals surface area (Å²) in [5.74, 6) is -2.20. The average Bonchev–Trinajstić information content (AvgIpc) is 3.70. The Morgan fingerprint density at radius 1 is 0.980 bits per heavy atom. The van der Waals surface area contributed by atoms with E-state index in [-0.39, 0.29) is 54.5 Å². The maximum absolute atomic E-state index is 13.4. The zero-order valence-electron chi connectivity index (χ0n) is 31.3. The number of cyclic esters (lactones) is 1. The van der Waals surface area contributed by atoms with Gasteiger partial charge in [-0.15, -0.1) is 0 Å². The predicted molar refractivity (Wildman–Crippen MR) is 195 cm³/mol. The first-order chi connectivity index (χ1) is 24.0. The molecule has 3 N–H and O–H groups in total. The van der Waals surface area contributed by atoms with Crippen LogP contribution in [0.15, 0.2) is 59.8 Å². The number of ether oxygens (including phenoxy) is 3. The van der Waals surface area contributed by atoms with Crippen LogP contribution in [0.25, 0.3) is 0 Å². The molecule has 0 spiro atoms. The normalized spacial score (nSPS) is 36.5. The van der Waals surface area contributed by atoms with E-state index in [1.165, 1.54) is 0 Å². The van der Waals surface area contributed by atoms with Crippen molar-refractivity contribution in [2.45, 2.75) is 155 Å². The molecule has 3 aliphatic rings. The summed E-state index contributed by atoms with van der Waals surface area (Å²) >= 11 is 0. The lowest BCUT2D eigenvalue weighted by atomic mass is 9.87. The van der Waals surface area contributed by atoms with E-state index < -0.39 is 66.6 Å². The number of esters is 1. The number of carbonyl (C=O) groups excluding carboxylic acids is 4. The number of ketones is 3. The van der Waals surface area contributed by atoms with Crippen LogP contribution in [0, 0.1) is 17.8 Å². The fraction of sp³-hybridized carbons (Fsp3) is 0.659. The Kier molecular flexibility index (Phi) is 16.4. The van der Waals surface area contributed by atoms with Crippen LogP contribution in [0.4, 0.5) is 0 Å². The van der Waals surface area contributed by atoms with Crippen LogP contribution >= 0.6 is 0 Å². The Labute approximate surface area is 303 Å². The van der Waals surface area contributed by atoms with Gasteiger partial charge in [0.25, 0.3) is 0 Å². The van der Waals surface area contributed by atoms with Crippen LogP contribution in [0.5, 0.6) is 0 Å². The van der Waals surface area contributed by atoms with Crippen molar-refractivity contribution >= 4 is 23.3 Å². The van der Waals surface area contributed by atoms with Crippen molar-refractivity contribution in [1.82, 2.24) is 0 Å². The molecule has 0 amide bonds. The summed E-state index contributed by atoms with van der Waals surface area (Å²) in [5, 5.41) is 32.9. The van der Waals surface area contributed by atoms with E-state index in [0.717, 1.165) is 12.8 Å². The van der Waals surface area contributed by atoms with Gasteiger partial charge in [-0.1, -0.05) is 71.1 Å². The van der Waals surface area contributed by atoms with E-state index in [9.17, 15) is 34.5 Å². The van der Waals surface area contributed by atoms with Crippen molar-refractivity contribution in [2.24, 2.45) is 17.8 Å². The van der Waals surface area contributed by atoms with Crippen LogP contribution in [0.1, 0.15) is 106 Å². The summed E-state index contributed by atoms with van der Waals surface area (Å²) in [6.45, 7) is 18.7. The quantitative estimate of drug-likeness (QED) is 0.172. The Hall–Kier alpha value is -3.02. The lowest BCUT2D eigenvalue weighted by Crippen LogP contribution is -2.38. The third-order valence-corrected chi connectivity index (χ3v) is 10.6. The Morgan fingerprint density at radius 2 is 1.69 bits per heavy atom. The summed E-state index contributed by atoms with van der Waals surface area (Å²) in [4.78, 5) is 52.2. The molecule has 11 atom stereocenters. The van der Waals surface area contributed by atoms with Crippen molar-refractivity contribution in [1.29, 1.82) is 0 Å². The number of allylic oxidation sites excluding steroid dienone is 4. The third-order valence-electron chi connectivity index (χ3n) is 10.6. The highest BCUT2D eigenvalue weighted by atomic mass is 16.6. The van der Waals surface area contributed by atoms with Gasteiger partial charge in [0.1, 0.15) is 29.9 Å². The molecular formula is C41H60O10. The summed E-state index contributed by atoms with van der Waals surface area (Å²) in [5.41, 5.74) is 1.94. The summed E-state index contributed by atoms with van der Waals surface area (Å²) in [6, 6.07) is 0. The lowest BCUT2D eigenvalue weighted by molar-refractivity contribution is -0.158. The molecule has 284 valence electrons. The zero-order valence-corrected chi connectivity index (χ0v) is 31.3. The number of rotatable bonds is 7. The van der Waals surface area contributed by atoms with Crippen LogP contribution in [-0.4, -0.2) is 87.5 Å². The fourth-order valence-corrected chi connectivity index (χ4v) is 6.91. The van der Waals surface area contributed by atoms with Crippen LogP contribution in [0.2, 0.25) is 0 Å². The molecule has 4 bridgehead atoms. The molecule has 3 rings (SSSR count). The topological polar surface area (TPSA) is 157 Å². The Morgan fingerprint density at radius 3 is 2.37 bits per heavy atom. The third kappa shape index (κ3) is 12.3. The van der Waals surface area contributed by atoms with E-state index in [0.29, 0.717) is 42.4 Å². The van der Waals surface area contributed by atoms with Crippen molar-refractivity contribution < 1.29 is 48.7 Å². The van der Waals surface area contributed by atoms with Crippen molar-refractivity contribution in [2.75, 3.05) is 0 Å². The highest BCUT2D eigenvalue weighted by Gasteiger charge is 2.41. The first kappa shape index (κ1) is 42.4. The molecule has 0 aromatic heterocycles. The summed E-state index contributed by atoms with van der Waals surface area (Å²) in [6.07, 6.45) is 3.63. The van der Waals surface area contributed by atoms with E-state index in [1.54, 1.807) is 52.0 Å². The molecule has 3 aliphatic heterocycles. The molecule has 51 heavy (non-hydrogen) atoms. The van der Waals surface area contributed by atoms with Gasteiger partial charge in [-0.2, -0.15) is 0 Å². The molecular weight excluding hydrogens is 652 g/mol. The van der Waals surface area contributed by atoms with Gasteiger partial charge in [0, 0.05) is 31.1 Å². The van der Waals surface area contributed by atoms with Crippen LogP contribution in [-0.2, 0) is 33.4 Å². The predicted octanol–water partition coefficient (Wildman–Crippen LogP) is 5.63. The van der Waals surface area contributed by atoms with Crippen molar-refractivity contribution in [3.63, 3.8) is 0 Å². The van der Waals surface area contributed by atoms with Gasteiger partial charge in [-0.05, 0) is 74.7 Å².